The summed E-state index contributed by atoms with van der Waals surface area (Å²) >= 11 is 0. The van der Waals surface area contributed by atoms with Gasteiger partial charge in [0.2, 0.25) is 15.9 Å². The average molecular weight is 403 g/mol. The molecule has 1 amide bonds. The van der Waals surface area contributed by atoms with E-state index in [4.69, 9.17) is 0 Å². The zero-order chi connectivity index (χ0) is 20.9. The predicted octanol–water partition coefficient (Wildman–Crippen LogP) is 4.45. The summed E-state index contributed by atoms with van der Waals surface area (Å²) in [5.74, 6) is 0.132. The van der Waals surface area contributed by atoms with Crippen molar-refractivity contribution in [1.82, 2.24) is 4.72 Å². The van der Waals surface area contributed by atoms with Gasteiger partial charge in [0.1, 0.15) is 6.04 Å². The van der Waals surface area contributed by atoms with Crippen molar-refractivity contribution in [3.05, 3.63) is 59.7 Å². The summed E-state index contributed by atoms with van der Waals surface area (Å²) in [6.07, 6.45) is 0.404. The first-order chi connectivity index (χ1) is 13.1. The van der Waals surface area contributed by atoms with Crippen LogP contribution < -0.4 is 10.0 Å². The third-order valence-corrected chi connectivity index (χ3v) is 5.96. The summed E-state index contributed by atoms with van der Waals surface area (Å²) in [4.78, 5) is 13.0. The van der Waals surface area contributed by atoms with E-state index in [1.807, 2.05) is 45.0 Å². The molecule has 0 aliphatic heterocycles. The number of carbonyl (C=O) groups excluding carboxylic acids is 1. The molecule has 0 spiro atoms. The van der Waals surface area contributed by atoms with Gasteiger partial charge in [-0.2, -0.15) is 4.72 Å². The molecular weight excluding hydrogens is 372 g/mol. The normalized spacial score (nSPS) is 13.0. The number of aryl methyl sites for hydroxylation is 1. The molecule has 5 nitrogen and oxygen atoms in total. The number of nitrogens with one attached hydrogen (secondary N) is 2. The summed E-state index contributed by atoms with van der Waals surface area (Å²) in [5, 5.41) is 2.86. The third-order valence-electron chi connectivity index (χ3n) is 4.47. The molecule has 28 heavy (non-hydrogen) atoms. The zero-order valence-electron chi connectivity index (χ0n) is 17.2. The Labute approximate surface area is 168 Å². The first kappa shape index (κ1) is 22.1. The first-order valence-corrected chi connectivity index (χ1v) is 11.1. The lowest BCUT2D eigenvalue weighted by Crippen LogP contribution is -2.44. The minimum absolute atomic E-state index is 0.151. The highest BCUT2D eigenvalue weighted by atomic mass is 32.2. The van der Waals surface area contributed by atoms with Crippen molar-refractivity contribution in [3.8, 4) is 0 Å². The molecule has 6 heteroatoms. The van der Waals surface area contributed by atoms with Crippen molar-refractivity contribution in [2.24, 2.45) is 5.92 Å². The van der Waals surface area contributed by atoms with Gasteiger partial charge < -0.3 is 5.32 Å². The van der Waals surface area contributed by atoms with E-state index in [0.717, 1.165) is 11.1 Å². The Bertz CT molecular complexity index is 904. The van der Waals surface area contributed by atoms with Crippen molar-refractivity contribution in [3.63, 3.8) is 0 Å². The van der Waals surface area contributed by atoms with Gasteiger partial charge in [-0.25, -0.2) is 8.42 Å². The Kier molecular flexibility index (Phi) is 7.38. The van der Waals surface area contributed by atoms with Crippen LogP contribution in [0.4, 0.5) is 5.69 Å². The Morgan fingerprint density at radius 3 is 2.21 bits per heavy atom. The summed E-state index contributed by atoms with van der Waals surface area (Å²) in [6.45, 7) is 9.97. The van der Waals surface area contributed by atoms with Crippen LogP contribution >= 0.6 is 0 Å². The standard InChI is InChI=1S/C22H30N2O3S/c1-15(2)13-21(24-28(26,27)20-11-9-17(5)10-12-20)22(25)23-19-8-6-7-18(14-19)16(3)4/h6-12,14-16,21,24H,13H2,1-5H3,(H,23,25). The van der Waals surface area contributed by atoms with Crippen molar-refractivity contribution in [2.45, 2.75) is 57.9 Å². The van der Waals surface area contributed by atoms with E-state index in [1.165, 1.54) is 0 Å². The van der Waals surface area contributed by atoms with Crippen LogP contribution in [-0.4, -0.2) is 20.4 Å². The smallest absolute Gasteiger partial charge is 0.242 e. The Morgan fingerprint density at radius 1 is 1.00 bits per heavy atom. The summed E-state index contributed by atoms with van der Waals surface area (Å²) in [6, 6.07) is 13.3. The maximum absolute atomic E-state index is 12.9. The quantitative estimate of drug-likeness (QED) is 0.685. The molecule has 2 aromatic carbocycles. The van der Waals surface area contributed by atoms with Crippen LogP contribution in [0.2, 0.25) is 0 Å². The van der Waals surface area contributed by atoms with Gasteiger partial charge in [-0.05, 0) is 55.0 Å². The number of hydrogen-bond acceptors (Lipinski definition) is 3. The molecule has 0 heterocycles. The number of rotatable bonds is 8. The molecule has 0 fully saturated rings. The Hall–Kier alpha value is -2.18. The summed E-state index contributed by atoms with van der Waals surface area (Å²) in [7, 11) is -3.79. The van der Waals surface area contributed by atoms with Crippen LogP contribution in [0.25, 0.3) is 0 Å². The topological polar surface area (TPSA) is 75.3 Å². The molecule has 0 aliphatic rings. The van der Waals surface area contributed by atoms with Crippen LogP contribution in [0.5, 0.6) is 0 Å². The highest BCUT2D eigenvalue weighted by Gasteiger charge is 2.26. The predicted molar refractivity (Wildman–Crippen MR) is 114 cm³/mol. The highest BCUT2D eigenvalue weighted by Crippen LogP contribution is 2.20. The molecule has 0 saturated heterocycles. The molecule has 2 aromatic rings. The van der Waals surface area contributed by atoms with Crippen LogP contribution in [0.15, 0.2) is 53.4 Å². The molecule has 0 bridgehead atoms. The summed E-state index contributed by atoms with van der Waals surface area (Å²) < 4.78 is 28.1. The Morgan fingerprint density at radius 2 is 1.64 bits per heavy atom. The highest BCUT2D eigenvalue weighted by molar-refractivity contribution is 7.89. The number of anilines is 1. The van der Waals surface area contributed by atoms with E-state index in [0.29, 0.717) is 18.0 Å². The van der Waals surface area contributed by atoms with Crippen LogP contribution in [0.1, 0.15) is 51.2 Å². The lowest BCUT2D eigenvalue weighted by atomic mass is 10.0. The third kappa shape index (κ3) is 6.17. The lowest BCUT2D eigenvalue weighted by Gasteiger charge is -2.20. The SMILES string of the molecule is Cc1ccc(S(=O)(=O)NC(CC(C)C)C(=O)Nc2cccc(C(C)C)c2)cc1. The average Bonchev–Trinajstić information content (AvgIpc) is 2.61. The largest absolute Gasteiger partial charge is 0.325 e. The molecule has 152 valence electrons. The monoisotopic (exact) mass is 402 g/mol. The van der Waals surface area contributed by atoms with Crippen molar-refractivity contribution in [1.29, 1.82) is 0 Å². The molecule has 0 radical (unpaired) electrons. The number of carbonyl (C=O) groups is 1. The van der Waals surface area contributed by atoms with Crippen molar-refractivity contribution >= 4 is 21.6 Å². The number of hydrogen-bond donors (Lipinski definition) is 2. The molecule has 2 N–H and O–H groups in total. The van der Waals surface area contributed by atoms with E-state index >= 15 is 0 Å². The fraction of sp³-hybridized carbons (Fsp3) is 0.409. The maximum Gasteiger partial charge on any atom is 0.242 e. The molecule has 0 saturated carbocycles. The Balaban J connectivity index is 2.21. The molecule has 2 rings (SSSR count). The zero-order valence-corrected chi connectivity index (χ0v) is 18.0. The van der Waals surface area contributed by atoms with Crippen LogP contribution in [0, 0.1) is 12.8 Å². The number of amides is 1. The van der Waals surface area contributed by atoms with Crippen molar-refractivity contribution < 1.29 is 13.2 Å². The second-order valence-corrected chi connectivity index (χ2v) is 9.60. The van der Waals surface area contributed by atoms with E-state index in [2.05, 4.69) is 23.9 Å². The fourth-order valence-corrected chi connectivity index (χ4v) is 4.07. The first-order valence-electron chi connectivity index (χ1n) is 9.58. The van der Waals surface area contributed by atoms with Gasteiger partial charge in [0.05, 0.1) is 4.90 Å². The van der Waals surface area contributed by atoms with E-state index in [9.17, 15) is 13.2 Å². The minimum atomic E-state index is -3.79. The van der Waals surface area contributed by atoms with Gasteiger partial charge in [0.25, 0.3) is 0 Å². The fourth-order valence-electron chi connectivity index (χ4n) is 2.86. The summed E-state index contributed by atoms with van der Waals surface area (Å²) in [5.41, 5.74) is 2.75. The van der Waals surface area contributed by atoms with Crippen LogP contribution in [-0.2, 0) is 14.8 Å². The second-order valence-electron chi connectivity index (χ2n) is 7.89. The van der Waals surface area contributed by atoms with E-state index < -0.39 is 16.1 Å². The number of sulfonamides is 1. The van der Waals surface area contributed by atoms with Gasteiger partial charge >= 0.3 is 0 Å². The number of benzene rings is 2. The molecule has 0 aromatic heterocycles. The second kappa shape index (κ2) is 9.34. The molecule has 1 atom stereocenters. The minimum Gasteiger partial charge on any atom is -0.325 e. The molecule has 1 unspecified atom stereocenters. The van der Waals surface area contributed by atoms with Crippen LogP contribution in [0.3, 0.4) is 0 Å². The molecule has 0 aliphatic carbocycles. The van der Waals surface area contributed by atoms with Crippen molar-refractivity contribution in [2.75, 3.05) is 5.32 Å². The maximum atomic E-state index is 12.9. The van der Waals surface area contributed by atoms with Gasteiger partial charge in [0.15, 0.2) is 0 Å². The lowest BCUT2D eigenvalue weighted by molar-refractivity contribution is -0.118. The van der Waals surface area contributed by atoms with E-state index in [-0.39, 0.29) is 16.7 Å². The van der Waals surface area contributed by atoms with E-state index in [1.54, 1.807) is 24.3 Å². The molecular formula is C22H30N2O3S. The van der Waals surface area contributed by atoms with Gasteiger partial charge in [0, 0.05) is 5.69 Å². The van der Waals surface area contributed by atoms with Gasteiger partial charge in [-0.3, -0.25) is 4.79 Å². The van der Waals surface area contributed by atoms with Gasteiger partial charge in [-0.15, -0.1) is 0 Å². The van der Waals surface area contributed by atoms with Gasteiger partial charge in [-0.1, -0.05) is 57.5 Å².